The summed E-state index contributed by atoms with van der Waals surface area (Å²) < 4.78 is 6.99. The molecule has 0 saturated heterocycles. The summed E-state index contributed by atoms with van der Waals surface area (Å²) in [4.78, 5) is 12.3. The van der Waals surface area contributed by atoms with E-state index in [0.29, 0.717) is 27.7 Å². The zero-order valence-electron chi connectivity index (χ0n) is 13.9. The number of esters is 1. The molecule has 0 aliphatic carbocycles. The second-order valence-electron chi connectivity index (χ2n) is 5.58. The molecular formula is C19H15ClN4O2. The molecule has 0 spiro atoms. The molecule has 0 saturated carbocycles. The van der Waals surface area contributed by atoms with Gasteiger partial charge in [-0.1, -0.05) is 29.8 Å². The third-order valence-corrected chi connectivity index (χ3v) is 4.18. The Balaban J connectivity index is 1.89. The van der Waals surface area contributed by atoms with Crippen molar-refractivity contribution in [3.8, 4) is 11.8 Å². The first-order valence-electron chi connectivity index (χ1n) is 7.77. The number of hydrogen-bond acceptors (Lipinski definition) is 5. The fraction of sp³-hybridized carbons (Fsp3) is 0.105. The summed E-state index contributed by atoms with van der Waals surface area (Å²) in [6, 6.07) is 16.0. The Morgan fingerprint density at radius 1 is 1.31 bits per heavy atom. The van der Waals surface area contributed by atoms with Crippen molar-refractivity contribution < 1.29 is 9.53 Å². The van der Waals surface area contributed by atoms with Gasteiger partial charge in [-0.15, -0.1) is 0 Å². The molecule has 1 heterocycles. The van der Waals surface area contributed by atoms with E-state index in [1.165, 1.54) is 18.2 Å². The van der Waals surface area contributed by atoms with Gasteiger partial charge in [0.25, 0.3) is 0 Å². The molecule has 6 nitrogen and oxygen atoms in total. The number of nitriles is 1. The van der Waals surface area contributed by atoms with E-state index in [9.17, 15) is 10.1 Å². The normalized spacial score (nSPS) is 10.3. The number of benzene rings is 2. The molecular weight excluding hydrogens is 352 g/mol. The number of carbonyl (C=O) groups excluding carboxylic acids is 1. The molecule has 1 aromatic heterocycles. The highest BCUT2D eigenvalue weighted by Crippen LogP contribution is 2.22. The average Bonchev–Trinajstić information content (AvgIpc) is 2.98. The molecule has 0 bridgehead atoms. The Morgan fingerprint density at radius 2 is 2.04 bits per heavy atom. The van der Waals surface area contributed by atoms with Gasteiger partial charge in [-0.3, -0.25) is 0 Å². The van der Waals surface area contributed by atoms with Crippen LogP contribution in [0.5, 0.6) is 0 Å². The lowest BCUT2D eigenvalue weighted by atomic mass is 10.2. The molecule has 26 heavy (non-hydrogen) atoms. The molecule has 3 aromatic rings. The van der Waals surface area contributed by atoms with Crippen molar-refractivity contribution in [2.45, 2.75) is 13.5 Å². The molecule has 0 fully saturated rings. The Morgan fingerprint density at radius 3 is 2.69 bits per heavy atom. The maximum Gasteiger partial charge on any atom is 0.338 e. The third kappa shape index (κ3) is 3.39. The minimum atomic E-state index is -0.560. The van der Waals surface area contributed by atoms with Gasteiger partial charge >= 0.3 is 5.97 Å². The van der Waals surface area contributed by atoms with Gasteiger partial charge in [-0.2, -0.15) is 10.4 Å². The Labute approximate surface area is 155 Å². The number of para-hydroxylation sites is 1. The number of ether oxygens (including phenoxy) is 1. The number of halogens is 1. The van der Waals surface area contributed by atoms with E-state index in [1.54, 1.807) is 11.6 Å². The fourth-order valence-electron chi connectivity index (χ4n) is 2.52. The van der Waals surface area contributed by atoms with Crippen LogP contribution in [0.2, 0.25) is 5.02 Å². The monoisotopic (exact) mass is 366 g/mol. The molecule has 0 amide bonds. The van der Waals surface area contributed by atoms with Gasteiger partial charge < -0.3 is 10.5 Å². The van der Waals surface area contributed by atoms with Crippen LogP contribution in [0.25, 0.3) is 5.69 Å². The van der Waals surface area contributed by atoms with Gasteiger partial charge in [0.2, 0.25) is 0 Å². The highest BCUT2D eigenvalue weighted by Gasteiger charge is 2.18. The quantitative estimate of drug-likeness (QED) is 0.562. The highest BCUT2D eigenvalue weighted by atomic mass is 35.5. The first kappa shape index (κ1) is 17.5. The van der Waals surface area contributed by atoms with E-state index in [1.807, 2.05) is 30.3 Å². The zero-order chi connectivity index (χ0) is 18.7. The van der Waals surface area contributed by atoms with Crippen molar-refractivity contribution in [1.82, 2.24) is 9.78 Å². The van der Waals surface area contributed by atoms with Crippen LogP contribution in [0, 0.1) is 18.3 Å². The number of aromatic nitrogens is 2. The smallest absolute Gasteiger partial charge is 0.338 e. The minimum absolute atomic E-state index is 0.0972. The number of rotatable bonds is 4. The second-order valence-corrected chi connectivity index (χ2v) is 5.99. The van der Waals surface area contributed by atoms with E-state index < -0.39 is 5.97 Å². The van der Waals surface area contributed by atoms with Crippen LogP contribution in [-0.4, -0.2) is 15.7 Å². The predicted octanol–water partition coefficient (Wildman–Crippen LogP) is 3.65. The van der Waals surface area contributed by atoms with Crippen LogP contribution < -0.4 is 5.73 Å². The predicted molar refractivity (Wildman–Crippen MR) is 98.0 cm³/mol. The van der Waals surface area contributed by atoms with Gasteiger partial charge in [-0.25, -0.2) is 9.48 Å². The van der Waals surface area contributed by atoms with E-state index >= 15 is 0 Å². The van der Waals surface area contributed by atoms with Crippen LogP contribution in [0.1, 0.15) is 27.3 Å². The first-order valence-corrected chi connectivity index (χ1v) is 8.15. The summed E-state index contributed by atoms with van der Waals surface area (Å²) in [5.74, 6) is -0.560. The summed E-state index contributed by atoms with van der Waals surface area (Å²) in [5.41, 5.74) is 8.54. The number of nitrogen functional groups attached to an aromatic ring is 1. The number of nitrogens with zero attached hydrogens (tertiary/aromatic N) is 3. The highest BCUT2D eigenvalue weighted by molar-refractivity contribution is 6.33. The number of anilines is 1. The van der Waals surface area contributed by atoms with Gasteiger partial charge in [0, 0.05) is 0 Å². The molecule has 0 unspecified atom stereocenters. The van der Waals surface area contributed by atoms with Gasteiger partial charge in [-0.05, 0) is 37.3 Å². The summed E-state index contributed by atoms with van der Waals surface area (Å²) in [6.45, 7) is 1.64. The maximum absolute atomic E-state index is 12.3. The van der Waals surface area contributed by atoms with Gasteiger partial charge in [0.15, 0.2) is 0 Å². The Bertz CT molecular complexity index is 1010. The number of nitrogens with two attached hydrogens (primary N) is 1. The van der Waals surface area contributed by atoms with E-state index in [0.717, 1.165) is 5.69 Å². The fourth-order valence-corrected chi connectivity index (χ4v) is 2.64. The van der Waals surface area contributed by atoms with Crippen molar-refractivity contribution in [3.05, 3.63) is 76.1 Å². The van der Waals surface area contributed by atoms with Crippen molar-refractivity contribution >= 4 is 23.3 Å². The molecule has 2 N–H and O–H groups in total. The average molecular weight is 367 g/mol. The number of carbonyl (C=O) groups is 1. The molecule has 0 aliphatic rings. The molecule has 0 aliphatic heterocycles. The minimum Gasteiger partial charge on any atom is -0.456 e. The summed E-state index contributed by atoms with van der Waals surface area (Å²) in [7, 11) is 0. The largest absolute Gasteiger partial charge is 0.456 e. The van der Waals surface area contributed by atoms with Gasteiger partial charge in [0.1, 0.15) is 18.2 Å². The van der Waals surface area contributed by atoms with Crippen molar-refractivity contribution in [2.24, 2.45) is 0 Å². The Kier molecular flexibility index (Phi) is 4.92. The molecule has 7 heteroatoms. The number of hydrogen-bond donors (Lipinski definition) is 1. The van der Waals surface area contributed by atoms with Crippen LogP contribution in [0.3, 0.4) is 0 Å². The van der Waals surface area contributed by atoms with Crippen LogP contribution in [-0.2, 0) is 11.3 Å². The van der Waals surface area contributed by atoms with E-state index in [-0.39, 0.29) is 12.2 Å². The molecule has 3 rings (SSSR count). The topological polar surface area (TPSA) is 93.9 Å². The standard InChI is InChI=1S/C19H15ClN4O2/c1-12-15(10-21)18(24(23-12)14-5-3-2-4-6-14)11-26-19(25)13-7-8-16(20)17(22)9-13/h2-9H,11,22H2,1H3. The van der Waals surface area contributed by atoms with Gasteiger partial charge in [0.05, 0.1) is 33.3 Å². The van der Waals surface area contributed by atoms with Crippen molar-refractivity contribution in [3.63, 3.8) is 0 Å². The second kappa shape index (κ2) is 7.30. The number of aryl methyl sites for hydroxylation is 1. The van der Waals surface area contributed by atoms with E-state index in [2.05, 4.69) is 11.2 Å². The molecule has 130 valence electrons. The molecule has 0 radical (unpaired) electrons. The lowest BCUT2D eigenvalue weighted by molar-refractivity contribution is 0.0465. The van der Waals surface area contributed by atoms with Crippen LogP contribution >= 0.6 is 11.6 Å². The molecule has 0 atom stereocenters. The summed E-state index contributed by atoms with van der Waals surface area (Å²) >= 11 is 5.86. The van der Waals surface area contributed by atoms with Crippen molar-refractivity contribution in [1.29, 1.82) is 5.26 Å². The van der Waals surface area contributed by atoms with Crippen molar-refractivity contribution in [2.75, 3.05) is 5.73 Å². The summed E-state index contributed by atoms with van der Waals surface area (Å²) in [6.07, 6.45) is 0. The SMILES string of the molecule is Cc1nn(-c2ccccc2)c(COC(=O)c2ccc(Cl)c(N)c2)c1C#N. The third-order valence-electron chi connectivity index (χ3n) is 3.84. The van der Waals surface area contributed by atoms with Crippen LogP contribution in [0.4, 0.5) is 5.69 Å². The first-order chi connectivity index (χ1) is 12.5. The molecule has 2 aromatic carbocycles. The lowest BCUT2D eigenvalue weighted by Crippen LogP contribution is -2.10. The van der Waals surface area contributed by atoms with E-state index in [4.69, 9.17) is 22.1 Å². The Hall–Kier alpha value is -3.30. The maximum atomic E-state index is 12.3. The summed E-state index contributed by atoms with van der Waals surface area (Å²) in [5, 5.41) is 14.2. The lowest BCUT2D eigenvalue weighted by Gasteiger charge is -2.09. The zero-order valence-corrected chi connectivity index (χ0v) is 14.7. The van der Waals surface area contributed by atoms with Crippen LogP contribution in [0.15, 0.2) is 48.5 Å².